The normalized spacial score (nSPS) is 17.1. The highest BCUT2D eigenvalue weighted by Crippen LogP contribution is 2.29. The maximum Gasteiger partial charge on any atom is 0.227 e. The number of nitrogens with zero attached hydrogens (tertiary/aromatic N) is 1. The molecule has 1 aliphatic rings. The van der Waals surface area contributed by atoms with Crippen molar-refractivity contribution in [2.75, 3.05) is 24.5 Å². The summed E-state index contributed by atoms with van der Waals surface area (Å²) in [5, 5.41) is 5.56. The van der Waals surface area contributed by atoms with Crippen LogP contribution in [0.3, 0.4) is 0 Å². The average molecular weight is 345 g/mol. The summed E-state index contributed by atoms with van der Waals surface area (Å²) in [6.45, 7) is 8.79. The van der Waals surface area contributed by atoms with Gasteiger partial charge in [-0.1, -0.05) is 26.0 Å². The molecule has 1 fully saturated rings. The third-order valence-corrected chi connectivity index (χ3v) is 4.61. The lowest BCUT2D eigenvalue weighted by molar-refractivity contribution is -0.126. The highest BCUT2D eigenvalue weighted by atomic mass is 16.2. The van der Waals surface area contributed by atoms with Gasteiger partial charge in [-0.05, 0) is 31.0 Å². The molecule has 3 amide bonds. The Balaban J connectivity index is 1.88. The molecule has 1 heterocycles. The van der Waals surface area contributed by atoms with Crippen molar-refractivity contribution in [2.24, 2.45) is 11.8 Å². The first kappa shape index (κ1) is 19.0. The van der Waals surface area contributed by atoms with Crippen molar-refractivity contribution in [3.05, 3.63) is 29.3 Å². The van der Waals surface area contributed by atoms with E-state index in [2.05, 4.69) is 10.6 Å². The van der Waals surface area contributed by atoms with Crippen LogP contribution in [0.2, 0.25) is 0 Å². The summed E-state index contributed by atoms with van der Waals surface area (Å²) >= 11 is 0. The fraction of sp³-hybridized carbons (Fsp3) is 0.526. The van der Waals surface area contributed by atoms with Gasteiger partial charge in [0.05, 0.1) is 5.92 Å². The van der Waals surface area contributed by atoms with Gasteiger partial charge in [-0.3, -0.25) is 14.4 Å². The van der Waals surface area contributed by atoms with Crippen molar-refractivity contribution in [3.8, 4) is 0 Å². The standard InChI is InChI=1S/C19H27N3O3/c1-12(2)18(24)20-8-9-21-19(25)15-10-17(23)22(11-15)16-7-5-6-13(3)14(16)4/h5-7,12,15H,8-11H2,1-4H3,(H,20,24)(H,21,25). The van der Waals surface area contributed by atoms with Gasteiger partial charge in [0, 0.05) is 37.7 Å². The van der Waals surface area contributed by atoms with Crippen LogP contribution in [0.5, 0.6) is 0 Å². The Kier molecular flexibility index (Phi) is 6.17. The van der Waals surface area contributed by atoms with E-state index in [-0.39, 0.29) is 36.0 Å². The van der Waals surface area contributed by atoms with Crippen LogP contribution < -0.4 is 15.5 Å². The summed E-state index contributed by atoms with van der Waals surface area (Å²) in [7, 11) is 0. The number of carbonyl (C=O) groups excluding carboxylic acids is 3. The van der Waals surface area contributed by atoms with E-state index >= 15 is 0 Å². The Morgan fingerprint density at radius 2 is 1.88 bits per heavy atom. The zero-order valence-electron chi connectivity index (χ0n) is 15.4. The van der Waals surface area contributed by atoms with Gasteiger partial charge < -0.3 is 15.5 Å². The van der Waals surface area contributed by atoms with E-state index in [0.29, 0.717) is 19.6 Å². The minimum atomic E-state index is -0.354. The Labute approximate surface area is 149 Å². The summed E-state index contributed by atoms with van der Waals surface area (Å²) in [5.74, 6) is -0.629. The molecule has 0 aliphatic carbocycles. The number of hydrogen-bond donors (Lipinski definition) is 2. The molecular weight excluding hydrogens is 318 g/mol. The SMILES string of the molecule is Cc1cccc(N2CC(C(=O)NCCNC(=O)C(C)C)CC2=O)c1C. The van der Waals surface area contributed by atoms with E-state index in [1.807, 2.05) is 45.9 Å². The summed E-state index contributed by atoms with van der Waals surface area (Å²) in [4.78, 5) is 37.8. The maximum atomic E-state index is 12.3. The molecule has 136 valence electrons. The van der Waals surface area contributed by atoms with Crippen molar-refractivity contribution in [1.29, 1.82) is 0 Å². The molecule has 1 unspecified atom stereocenters. The van der Waals surface area contributed by atoms with Crippen LogP contribution >= 0.6 is 0 Å². The van der Waals surface area contributed by atoms with Gasteiger partial charge in [-0.25, -0.2) is 0 Å². The van der Waals surface area contributed by atoms with Crippen LogP contribution in [0.15, 0.2) is 18.2 Å². The van der Waals surface area contributed by atoms with E-state index < -0.39 is 0 Å². The van der Waals surface area contributed by atoms with Crippen LogP contribution in [-0.2, 0) is 14.4 Å². The van der Waals surface area contributed by atoms with E-state index in [0.717, 1.165) is 16.8 Å². The molecule has 1 atom stereocenters. The fourth-order valence-corrected chi connectivity index (χ4v) is 2.86. The molecule has 1 aromatic rings. The van der Waals surface area contributed by atoms with Crippen LogP contribution in [0, 0.1) is 25.7 Å². The molecule has 6 heteroatoms. The molecule has 0 spiro atoms. The highest BCUT2D eigenvalue weighted by Gasteiger charge is 2.35. The number of nitrogens with one attached hydrogen (secondary N) is 2. The van der Waals surface area contributed by atoms with E-state index in [1.165, 1.54) is 0 Å². The van der Waals surface area contributed by atoms with E-state index in [1.54, 1.807) is 4.90 Å². The van der Waals surface area contributed by atoms with E-state index in [9.17, 15) is 14.4 Å². The van der Waals surface area contributed by atoms with Crippen LogP contribution in [0.4, 0.5) is 5.69 Å². The largest absolute Gasteiger partial charge is 0.354 e. The monoisotopic (exact) mass is 345 g/mol. The molecule has 0 aromatic heterocycles. The molecular formula is C19H27N3O3. The molecule has 2 rings (SSSR count). The summed E-state index contributed by atoms with van der Waals surface area (Å²) < 4.78 is 0. The van der Waals surface area contributed by atoms with Crippen molar-refractivity contribution >= 4 is 23.4 Å². The van der Waals surface area contributed by atoms with Gasteiger partial charge in [0.1, 0.15) is 0 Å². The zero-order chi connectivity index (χ0) is 18.6. The minimum Gasteiger partial charge on any atom is -0.354 e. The third-order valence-electron chi connectivity index (χ3n) is 4.61. The van der Waals surface area contributed by atoms with Crippen LogP contribution in [0.25, 0.3) is 0 Å². The summed E-state index contributed by atoms with van der Waals surface area (Å²) in [6.07, 6.45) is 0.220. The quantitative estimate of drug-likeness (QED) is 0.768. The second-order valence-corrected chi connectivity index (χ2v) is 6.86. The third kappa shape index (κ3) is 4.59. The van der Waals surface area contributed by atoms with Crippen LogP contribution in [0.1, 0.15) is 31.4 Å². The van der Waals surface area contributed by atoms with Crippen LogP contribution in [-0.4, -0.2) is 37.4 Å². The minimum absolute atomic E-state index is 0.0260. The fourth-order valence-electron chi connectivity index (χ4n) is 2.86. The Hall–Kier alpha value is -2.37. The first-order valence-electron chi connectivity index (χ1n) is 8.73. The van der Waals surface area contributed by atoms with Crippen molar-refractivity contribution < 1.29 is 14.4 Å². The Morgan fingerprint density at radius 1 is 1.20 bits per heavy atom. The van der Waals surface area contributed by atoms with Gasteiger partial charge in [0.2, 0.25) is 17.7 Å². The van der Waals surface area contributed by atoms with Crippen molar-refractivity contribution in [1.82, 2.24) is 10.6 Å². The molecule has 2 N–H and O–H groups in total. The second kappa shape index (κ2) is 8.14. The molecule has 6 nitrogen and oxygen atoms in total. The number of rotatable bonds is 6. The first-order chi connectivity index (χ1) is 11.8. The molecule has 1 aliphatic heterocycles. The Morgan fingerprint density at radius 3 is 2.56 bits per heavy atom. The molecule has 1 aromatic carbocycles. The lowest BCUT2D eigenvalue weighted by Crippen LogP contribution is -2.39. The molecule has 0 saturated carbocycles. The second-order valence-electron chi connectivity index (χ2n) is 6.86. The van der Waals surface area contributed by atoms with Gasteiger partial charge >= 0.3 is 0 Å². The molecule has 25 heavy (non-hydrogen) atoms. The predicted octanol–water partition coefficient (Wildman–Crippen LogP) is 1.54. The predicted molar refractivity (Wildman–Crippen MR) is 97.2 cm³/mol. The maximum absolute atomic E-state index is 12.3. The average Bonchev–Trinajstić information content (AvgIpc) is 2.95. The van der Waals surface area contributed by atoms with Crippen molar-refractivity contribution in [2.45, 2.75) is 34.1 Å². The number of anilines is 1. The zero-order valence-corrected chi connectivity index (χ0v) is 15.4. The van der Waals surface area contributed by atoms with Gasteiger partial charge in [0.25, 0.3) is 0 Å². The van der Waals surface area contributed by atoms with E-state index in [4.69, 9.17) is 0 Å². The number of hydrogen-bond acceptors (Lipinski definition) is 3. The summed E-state index contributed by atoms with van der Waals surface area (Å²) in [5.41, 5.74) is 3.07. The molecule has 1 saturated heterocycles. The van der Waals surface area contributed by atoms with Gasteiger partial charge in [-0.2, -0.15) is 0 Å². The first-order valence-corrected chi connectivity index (χ1v) is 8.73. The lowest BCUT2D eigenvalue weighted by atomic mass is 10.1. The molecule has 0 radical (unpaired) electrons. The molecule has 0 bridgehead atoms. The Bertz CT molecular complexity index is 670. The number of aryl methyl sites for hydroxylation is 1. The smallest absolute Gasteiger partial charge is 0.227 e. The van der Waals surface area contributed by atoms with Crippen molar-refractivity contribution in [3.63, 3.8) is 0 Å². The lowest BCUT2D eigenvalue weighted by Gasteiger charge is -2.20. The number of benzene rings is 1. The summed E-state index contributed by atoms with van der Waals surface area (Å²) in [6, 6.07) is 5.85. The number of carbonyl (C=O) groups is 3. The van der Waals surface area contributed by atoms with Gasteiger partial charge in [0.15, 0.2) is 0 Å². The number of amides is 3. The highest BCUT2D eigenvalue weighted by molar-refractivity contribution is 6.00. The topological polar surface area (TPSA) is 78.5 Å². The van der Waals surface area contributed by atoms with Gasteiger partial charge in [-0.15, -0.1) is 0 Å².